The summed E-state index contributed by atoms with van der Waals surface area (Å²) in [5.41, 5.74) is 1.25. The van der Waals surface area contributed by atoms with Gasteiger partial charge in [0.1, 0.15) is 6.04 Å². The Bertz CT molecular complexity index is 728. The lowest BCUT2D eigenvalue weighted by molar-refractivity contribution is -0.140. The molecule has 0 aliphatic carbocycles. The number of carbonyl (C=O) groups is 3. The average Bonchev–Trinajstić information content (AvgIpc) is 2.65. The number of carboxylic acids is 2. The summed E-state index contributed by atoms with van der Waals surface area (Å²) < 4.78 is 0. The van der Waals surface area contributed by atoms with Gasteiger partial charge in [-0.3, -0.25) is 14.8 Å². The van der Waals surface area contributed by atoms with Crippen molar-refractivity contribution in [2.24, 2.45) is 0 Å². The van der Waals surface area contributed by atoms with Gasteiger partial charge < -0.3 is 20.4 Å². The lowest BCUT2D eigenvalue weighted by atomic mass is 10.1. The molecule has 142 valence electrons. The van der Waals surface area contributed by atoms with E-state index in [1.807, 2.05) is 0 Å². The fraction of sp³-hybridized carbons (Fsp3) is 0.278. The van der Waals surface area contributed by atoms with Crippen LogP contribution in [0.25, 0.3) is 0 Å². The molecule has 2 aromatic heterocycles. The van der Waals surface area contributed by atoms with Crippen LogP contribution in [0.3, 0.4) is 0 Å². The Balaban J connectivity index is 2.13. The van der Waals surface area contributed by atoms with Gasteiger partial charge in [-0.1, -0.05) is 12.1 Å². The van der Waals surface area contributed by atoms with Gasteiger partial charge in [0.2, 0.25) is 0 Å². The van der Waals surface area contributed by atoms with E-state index in [4.69, 9.17) is 5.11 Å². The number of aliphatic carboxylic acids is 2. The van der Waals surface area contributed by atoms with E-state index < -0.39 is 24.0 Å². The van der Waals surface area contributed by atoms with E-state index in [1.54, 1.807) is 48.8 Å². The summed E-state index contributed by atoms with van der Waals surface area (Å²) in [4.78, 5) is 44.4. The molecule has 0 radical (unpaired) electrons. The van der Waals surface area contributed by atoms with Gasteiger partial charge in [0.15, 0.2) is 0 Å². The molecule has 0 fully saturated rings. The van der Waals surface area contributed by atoms with Crippen LogP contribution >= 0.6 is 0 Å². The highest BCUT2D eigenvalue weighted by molar-refractivity contribution is 5.83. The summed E-state index contributed by atoms with van der Waals surface area (Å²) in [5, 5.41) is 20.4. The van der Waals surface area contributed by atoms with Crippen molar-refractivity contribution >= 4 is 18.0 Å². The summed E-state index contributed by atoms with van der Waals surface area (Å²) in [6, 6.07) is 8.62. The van der Waals surface area contributed by atoms with Crippen LogP contribution in [0, 0.1) is 0 Å². The maximum absolute atomic E-state index is 12.7. The van der Waals surface area contributed by atoms with Crippen LogP contribution < -0.4 is 5.32 Å². The van der Waals surface area contributed by atoms with Crippen LogP contribution in [-0.2, 0) is 22.7 Å². The number of aromatic nitrogens is 2. The van der Waals surface area contributed by atoms with Gasteiger partial charge >= 0.3 is 18.0 Å². The van der Waals surface area contributed by atoms with Crippen LogP contribution in [-0.4, -0.2) is 49.1 Å². The SMILES string of the molecule is O=C(O)CCC(NC(=O)N(Cc1ccccn1)Cc1ccccn1)C(=O)O. The van der Waals surface area contributed by atoms with Crippen molar-refractivity contribution in [1.29, 1.82) is 0 Å². The lowest BCUT2D eigenvalue weighted by Gasteiger charge is -2.24. The third kappa shape index (κ3) is 6.73. The number of hydrogen-bond donors (Lipinski definition) is 3. The highest BCUT2D eigenvalue weighted by atomic mass is 16.4. The molecule has 2 aromatic rings. The normalized spacial score (nSPS) is 11.4. The second-order valence-corrected chi connectivity index (χ2v) is 5.77. The van der Waals surface area contributed by atoms with Crippen LogP contribution in [0.2, 0.25) is 0 Å². The second kappa shape index (κ2) is 9.85. The minimum absolute atomic E-state index is 0.147. The monoisotopic (exact) mass is 372 g/mol. The largest absolute Gasteiger partial charge is 0.481 e. The second-order valence-electron chi connectivity index (χ2n) is 5.77. The van der Waals surface area contributed by atoms with Crippen LogP contribution in [0.1, 0.15) is 24.2 Å². The molecule has 1 unspecified atom stereocenters. The maximum atomic E-state index is 12.7. The summed E-state index contributed by atoms with van der Waals surface area (Å²) >= 11 is 0. The molecule has 0 aliphatic rings. The lowest BCUT2D eigenvalue weighted by Crippen LogP contribution is -2.47. The molecule has 9 heteroatoms. The van der Waals surface area contributed by atoms with Gasteiger partial charge in [-0.2, -0.15) is 0 Å². The van der Waals surface area contributed by atoms with Crippen LogP contribution in [0.15, 0.2) is 48.8 Å². The van der Waals surface area contributed by atoms with E-state index >= 15 is 0 Å². The zero-order valence-corrected chi connectivity index (χ0v) is 14.5. The first-order valence-corrected chi connectivity index (χ1v) is 8.25. The van der Waals surface area contributed by atoms with Crippen molar-refractivity contribution in [3.8, 4) is 0 Å². The molecule has 0 saturated carbocycles. The Hall–Kier alpha value is -3.49. The van der Waals surface area contributed by atoms with Gasteiger partial charge in [-0.25, -0.2) is 9.59 Å². The number of nitrogens with zero attached hydrogens (tertiary/aromatic N) is 3. The standard InChI is InChI=1S/C18H20N4O5/c23-16(24)8-7-15(17(25)26)21-18(27)22(11-13-5-1-3-9-19-13)12-14-6-2-4-10-20-14/h1-6,9-10,15H,7-8,11-12H2,(H,21,27)(H,23,24)(H,25,26). The van der Waals surface area contributed by atoms with E-state index in [0.717, 1.165) is 0 Å². The van der Waals surface area contributed by atoms with Crippen LogP contribution in [0.5, 0.6) is 0 Å². The average molecular weight is 372 g/mol. The van der Waals surface area contributed by atoms with Crippen LogP contribution in [0.4, 0.5) is 4.79 Å². The van der Waals surface area contributed by atoms with Gasteiger partial charge in [0, 0.05) is 18.8 Å². The van der Waals surface area contributed by atoms with Crippen molar-refractivity contribution in [2.45, 2.75) is 32.0 Å². The van der Waals surface area contributed by atoms with E-state index in [0.29, 0.717) is 11.4 Å². The number of amides is 2. The Morgan fingerprint density at radius 3 is 1.93 bits per heavy atom. The molecule has 9 nitrogen and oxygen atoms in total. The summed E-state index contributed by atoms with van der Waals surface area (Å²) in [5.74, 6) is -2.42. The topological polar surface area (TPSA) is 133 Å². The van der Waals surface area contributed by atoms with Crippen molar-refractivity contribution in [3.63, 3.8) is 0 Å². The molecule has 2 rings (SSSR count). The Kier molecular flexibility index (Phi) is 7.24. The molecule has 3 N–H and O–H groups in total. The Labute approximate surface area is 155 Å². The molecule has 0 aromatic carbocycles. The number of rotatable bonds is 9. The number of hydrogen-bond acceptors (Lipinski definition) is 5. The van der Waals surface area contributed by atoms with Crippen molar-refractivity contribution < 1.29 is 24.6 Å². The summed E-state index contributed by atoms with van der Waals surface area (Å²) in [6.07, 6.45) is 2.62. The van der Waals surface area contributed by atoms with Gasteiger partial charge in [-0.15, -0.1) is 0 Å². The molecule has 27 heavy (non-hydrogen) atoms. The quantitative estimate of drug-likeness (QED) is 0.607. The Morgan fingerprint density at radius 2 is 1.52 bits per heavy atom. The van der Waals surface area contributed by atoms with E-state index in [1.165, 1.54) is 4.90 Å². The number of carbonyl (C=O) groups excluding carboxylic acids is 1. The maximum Gasteiger partial charge on any atom is 0.326 e. The third-order valence-electron chi connectivity index (χ3n) is 3.69. The number of urea groups is 1. The van der Waals surface area contributed by atoms with E-state index in [9.17, 15) is 19.5 Å². The minimum atomic E-state index is -1.30. The molecule has 0 spiro atoms. The Morgan fingerprint density at radius 1 is 0.963 bits per heavy atom. The first kappa shape index (κ1) is 19.8. The third-order valence-corrected chi connectivity index (χ3v) is 3.69. The molecule has 0 aliphatic heterocycles. The number of nitrogens with one attached hydrogen (secondary N) is 1. The molecule has 2 heterocycles. The predicted octanol–water partition coefficient (Wildman–Crippen LogP) is 1.51. The fourth-order valence-electron chi connectivity index (χ4n) is 2.34. The first-order valence-electron chi connectivity index (χ1n) is 8.25. The van der Waals surface area contributed by atoms with E-state index in [-0.39, 0.29) is 25.9 Å². The van der Waals surface area contributed by atoms with Crippen molar-refractivity contribution in [3.05, 3.63) is 60.2 Å². The number of pyridine rings is 2. The minimum Gasteiger partial charge on any atom is -0.481 e. The summed E-state index contributed by atoms with van der Waals surface area (Å²) in [7, 11) is 0. The molecule has 1 atom stereocenters. The predicted molar refractivity (Wildman–Crippen MR) is 94.5 cm³/mol. The fourth-order valence-corrected chi connectivity index (χ4v) is 2.34. The highest BCUT2D eigenvalue weighted by Crippen LogP contribution is 2.09. The molecule has 2 amide bonds. The molecule has 0 bridgehead atoms. The van der Waals surface area contributed by atoms with Gasteiger partial charge in [0.05, 0.1) is 24.5 Å². The van der Waals surface area contributed by atoms with Gasteiger partial charge in [-0.05, 0) is 30.7 Å². The van der Waals surface area contributed by atoms with E-state index in [2.05, 4.69) is 15.3 Å². The number of carboxylic acid groups (broad SMARTS) is 2. The smallest absolute Gasteiger partial charge is 0.326 e. The molecule has 0 saturated heterocycles. The van der Waals surface area contributed by atoms with Gasteiger partial charge in [0.25, 0.3) is 0 Å². The molecular weight excluding hydrogens is 352 g/mol. The summed E-state index contributed by atoms with van der Waals surface area (Å²) in [6.45, 7) is 0.295. The first-order chi connectivity index (χ1) is 13.0. The van der Waals surface area contributed by atoms with Crippen molar-refractivity contribution in [2.75, 3.05) is 0 Å². The zero-order valence-electron chi connectivity index (χ0n) is 14.5. The highest BCUT2D eigenvalue weighted by Gasteiger charge is 2.24. The molecular formula is C18H20N4O5. The van der Waals surface area contributed by atoms with Crippen molar-refractivity contribution in [1.82, 2.24) is 20.2 Å². The zero-order chi connectivity index (χ0) is 19.6.